The Morgan fingerprint density at radius 1 is 1.62 bits per heavy atom. The first-order valence-corrected chi connectivity index (χ1v) is 4.25. The van der Waals surface area contributed by atoms with Crippen molar-refractivity contribution in [2.45, 2.75) is 6.61 Å². The Morgan fingerprint density at radius 3 is 2.92 bits per heavy atom. The zero-order valence-electron chi connectivity index (χ0n) is 6.59. The molecule has 0 aliphatic heterocycles. The van der Waals surface area contributed by atoms with Gasteiger partial charge in [0.25, 0.3) is 0 Å². The number of primary amides is 1. The van der Waals surface area contributed by atoms with Crippen LogP contribution in [0.2, 0.25) is 0 Å². The number of hydrogen-bond acceptors (Lipinski definition) is 2. The van der Waals surface area contributed by atoms with Crippen molar-refractivity contribution in [2.75, 3.05) is 0 Å². The third-order valence-corrected chi connectivity index (χ3v) is 1.87. The van der Waals surface area contributed by atoms with Crippen LogP contribution in [0.3, 0.4) is 0 Å². The van der Waals surface area contributed by atoms with Crippen molar-refractivity contribution in [1.82, 2.24) is 0 Å². The van der Waals surface area contributed by atoms with Gasteiger partial charge in [-0.1, -0.05) is 15.9 Å². The lowest BCUT2D eigenvalue weighted by Gasteiger charge is -2.03. The number of carbonyl (C=O) groups excluding carboxylic acids is 1. The lowest BCUT2D eigenvalue weighted by molar-refractivity contribution is 0.149. The Balaban J connectivity index is 2.75. The Labute approximate surface area is 82.8 Å². The van der Waals surface area contributed by atoms with Gasteiger partial charge in [-0.15, -0.1) is 0 Å². The summed E-state index contributed by atoms with van der Waals surface area (Å²) < 4.78 is 18.1. The summed E-state index contributed by atoms with van der Waals surface area (Å²) in [7, 11) is 0. The van der Waals surface area contributed by atoms with E-state index in [1.807, 2.05) is 0 Å². The molecule has 0 aliphatic rings. The lowest BCUT2D eigenvalue weighted by Crippen LogP contribution is -2.13. The van der Waals surface area contributed by atoms with Crippen LogP contribution in [0.25, 0.3) is 0 Å². The van der Waals surface area contributed by atoms with Crippen LogP contribution >= 0.6 is 15.9 Å². The van der Waals surface area contributed by atoms with E-state index >= 15 is 0 Å². The molecule has 2 N–H and O–H groups in total. The standard InChI is InChI=1S/C8H7BrFNO2/c9-6-1-2-7(10)5(3-6)4-13-8(11)12/h1-3H,4H2,(H2,11,12). The normalized spacial score (nSPS) is 9.69. The quantitative estimate of drug-likeness (QED) is 0.871. The molecule has 3 nitrogen and oxygen atoms in total. The van der Waals surface area contributed by atoms with Gasteiger partial charge in [-0.3, -0.25) is 0 Å². The van der Waals surface area contributed by atoms with Gasteiger partial charge >= 0.3 is 6.09 Å². The van der Waals surface area contributed by atoms with E-state index in [1.54, 1.807) is 6.07 Å². The molecule has 1 amide bonds. The molecule has 5 heteroatoms. The molecular formula is C8H7BrFNO2. The maximum Gasteiger partial charge on any atom is 0.404 e. The molecule has 1 aromatic carbocycles. The largest absolute Gasteiger partial charge is 0.445 e. The third kappa shape index (κ3) is 3.02. The SMILES string of the molecule is NC(=O)OCc1cc(Br)ccc1F. The van der Waals surface area contributed by atoms with Gasteiger partial charge in [-0.25, -0.2) is 9.18 Å². The molecule has 0 saturated heterocycles. The summed E-state index contributed by atoms with van der Waals surface area (Å²) in [6.45, 7) is -0.152. The number of carbonyl (C=O) groups is 1. The van der Waals surface area contributed by atoms with Crippen LogP contribution in [0.15, 0.2) is 22.7 Å². The first kappa shape index (κ1) is 9.98. The monoisotopic (exact) mass is 247 g/mol. The zero-order chi connectivity index (χ0) is 9.84. The van der Waals surface area contributed by atoms with Crippen LogP contribution in [0, 0.1) is 5.82 Å². The predicted molar refractivity (Wildman–Crippen MR) is 48.5 cm³/mol. The maximum atomic E-state index is 13.0. The van der Waals surface area contributed by atoms with Gasteiger partial charge in [0.05, 0.1) is 0 Å². The summed E-state index contributed by atoms with van der Waals surface area (Å²) in [4.78, 5) is 10.2. The summed E-state index contributed by atoms with van der Waals surface area (Å²) in [5.74, 6) is -0.426. The number of nitrogens with two attached hydrogens (primary N) is 1. The van der Waals surface area contributed by atoms with Crippen LogP contribution in [0.1, 0.15) is 5.56 Å². The van der Waals surface area contributed by atoms with Gasteiger partial charge in [-0.2, -0.15) is 0 Å². The molecule has 0 bridgehead atoms. The van der Waals surface area contributed by atoms with Gasteiger partial charge in [0.2, 0.25) is 0 Å². The molecule has 0 heterocycles. The van der Waals surface area contributed by atoms with Crippen molar-refractivity contribution in [3.63, 3.8) is 0 Å². The van der Waals surface area contributed by atoms with Crippen molar-refractivity contribution in [3.05, 3.63) is 34.1 Å². The van der Waals surface area contributed by atoms with Crippen molar-refractivity contribution in [2.24, 2.45) is 5.73 Å². The van der Waals surface area contributed by atoms with Gasteiger partial charge in [0.1, 0.15) is 12.4 Å². The summed E-state index contributed by atoms with van der Waals surface area (Å²) in [6.07, 6.45) is -0.917. The number of benzene rings is 1. The third-order valence-electron chi connectivity index (χ3n) is 1.38. The number of rotatable bonds is 2. The molecular weight excluding hydrogens is 241 g/mol. The summed E-state index contributed by atoms with van der Waals surface area (Å²) in [5, 5.41) is 0. The number of amides is 1. The van der Waals surface area contributed by atoms with Gasteiger partial charge in [0.15, 0.2) is 0 Å². The fraction of sp³-hybridized carbons (Fsp3) is 0.125. The van der Waals surface area contributed by atoms with E-state index in [-0.39, 0.29) is 12.2 Å². The molecule has 0 atom stereocenters. The Kier molecular flexibility index (Phi) is 3.25. The lowest BCUT2D eigenvalue weighted by atomic mass is 10.2. The Morgan fingerprint density at radius 2 is 2.31 bits per heavy atom. The molecule has 0 unspecified atom stereocenters. The molecule has 0 aliphatic carbocycles. The minimum atomic E-state index is -0.917. The van der Waals surface area contributed by atoms with Crippen molar-refractivity contribution < 1.29 is 13.9 Å². The summed E-state index contributed by atoms with van der Waals surface area (Å²) in [5.41, 5.74) is 5.02. The minimum Gasteiger partial charge on any atom is -0.445 e. The molecule has 70 valence electrons. The number of ether oxygens (including phenoxy) is 1. The number of halogens is 2. The average molecular weight is 248 g/mol. The second kappa shape index (κ2) is 4.23. The van der Waals surface area contributed by atoms with Crippen molar-refractivity contribution in [1.29, 1.82) is 0 Å². The molecule has 0 saturated carbocycles. The molecule has 13 heavy (non-hydrogen) atoms. The highest BCUT2D eigenvalue weighted by Gasteiger charge is 2.04. The fourth-order valence-corrected chi connectivity index (χ4v) is 1.21. The molecule has 1 aromatic rings. The van der Waals surface area contributed by atoms with Crippen molar-refractivity contribution >= 4 is 22.0 Å². The van der Waals surface area contributed by atoms with Gasteiger partial charge < -0.3 is 10.5 Å². The van der Waals surface area contributed by atoms with Crippen LogP contribution in [-0.2, 0) is 11.3 Å². The highest BCUT2D eigenvalue weighted by Crippen LogP contribution is 2.16. The second-order valence-corrected chi connectivity index (χ2v) is 3.26. The molecule has 0 spiro atoms. The Hall–Kier alpha value is -1.10. The van der Waals surface area contributed by atoms with Crippen LogP contribution in [0.4, 0.5) is 9.18 Å². The topological polar surface area (TPSA) is 52.3 Å². The molecule has 0 aromatic heterocycles. The highest BCUT2D eigenvalue weighted by molar-refractivity contribution is 9.10. The second-order valence-electron chi connectivity index (χ2n) is 2.34. The predicted octanol–water partition coefficient (Wildman–Crippen LogP) is 2.18. The van der Waals surface area contributed by atoms with E-state index in [4.69, 9.17) is 5.73 Å². The van der Waals surface area contributed by atoms with E-state index in [0.29, 0.717) is 0 Å². The van der Waals surface area contributed by atoms with Gasteiger partial charge in [-0.05, 0) is 18.2 Å². The first-order valence-electron chi connectivity index (χ1n) is 3.46. The van der Waals surface area contributed by atoms with Crippen LogP contribution in [0.5, 0.6) is 0 Å². The van der Waals surface area contributed by atoms with Crippen LogP contribution < -0.4 is 5.73 Å². The van der Waals surface area contributed by atoms with Crippen LogP contribution in [-0.4, -0.2) is 6.09 Å². The van der Waals surface area contributed by atoms with Crippen molar-refractivity contribution in [3.8, 4) is 0 Å². The van der Waals surface area contributed by atoms with E-state index in [2.05, 4.69) is 20.7 Å². The van der Waals surface area contributed by atoms with E-state index < -0.39 is 11.9 Å². The van der Waals surface area contributed by atoms with E-state index in [0.717, 1.165) is 4.47 Å². The Bertz CT molecular complexity index is 330. The number of hydrogen-bond donors (Lipinski definition) is 1. The summed E-state index contributed by atoms with van der Waals surface area (Å²) in [6, 6.07) is 4.37. The maximum absolute atomic E-state index is 13.0. The minimum absolute atomic E-state index is 0.152. The zero-order valence-corrected chi connectivity index (χ0v) is 8.17. The molecule has 1 rings (SSSR count). The smallest absolute Gasteiger partial charge is 0.404 e. The van der Waals surface area contributed by atoms with Gasteiger partial charge in [0, 0.05) is 10.0 Å². The fourth-order valence-electron chi connectivity index (χ4n) is 0.803. The first-order chi connectivity index (χ1) is 6.09. The average Bonchev–Trinajstić information content (AvgIpc) is 2.06. The van der Waals surface area contributed by atoms with E-state index in [1.165, 1.54) is 12.1 Å². The van der Waals surface area contributed by atoms with E-state index in [9.17, 15) is 9.18 Å². The molecule has 0 radical (unpaired) electrons. The summed E-state index contributed by atoms with van der Waals surface area (Å²) >= 11 is 3.16. The molecule has 0 fully saturated rings. The highest BCUT2D eigenvalue weighted by atomic mass is 79.9.